The molecule has 0 bridgehead atoms. The fourth-order valence-electron chi connectivity index (χ4n) is 4.91. The van der Waals surface area contributed by atoms with E-state index in [0.717, 1.165) is 13.2 Å². The van der Waals surface area contributed by atoms with Gasteiger partial charge in [0.2, 0.25) is 0 Å². The van der Waals surface area contributed by atoms with Gasteiger partial charge in [-0.3, -0.25) is 0 Å². The van der Waals surface area contributed by atoms with E-state index in [1.54, 1.807) is 0 Å². The predicted octanol–water partition coefficient (Wildman–Crippen LogP) is 9.10. The lowest BCUT2D eigenvalue weighted by Gasteiger charge is -2.38. The molecule has 2 heteroatoms. The van der Waals surface area contributed by atoms with E-state index in [2.05, 4.69) is 27.7 Å². The molecule has 0 heterocycles. The Bertz CT molecular complexity index is 323. The summed E-state index contributed by atoms with van der Waals surface area (Å²) in [4.78, 5) is 0. The molecule has 4 atom stereocenters. The molecule has 0 aromatic rings. The van der Waals surface area contributed by atoms with E-state index in [1.165, 1.54) is 116 Å². The molecule has 2 nitrogen and oxygen atoms in total. The van der Waals surface area contributed by atoms with Crippen molar-refractivity contribution < 1.29 is 9.47 Å². The van der Waals surface area contributed by atoms with Gasteiger partial charge < -0.3 is 9.47 Å². The molecule has 0 aromatic carbocycles. The van der Waals surface area contributed by atoms with Gasteiger partial charge in [0.05, 0.1) is 12.2 Å². The Kier molecular flexibility index (Phi) is 18.3. The first-order chi connectivity index (χ1) is 14.7. The van der Waals surface area contributed by atoms with E-state index in [1.807, 2.05) is 0 Å². The zero-order chi connectivity index (χ0) is 21.9. The third kappa shape index (κ3) is 14.1. The van der Waals surface area contributed by atoms with Crippen molar-refractivity contribution in [2.24, 2.45) is 11.8 Å². The second kappa shape index (κ2) is 19.6. The van der Waals surface area contributed by atoms with Gasteiger partial charge >= 0.3 is 0 Å². The number of rotatable bonds is 20. The molecule has 0 aromatic heterocycles. The number of hydrogen-bond donors (Lipinski definition) is 0. The van der Waals surface area contributed by atoms with Gasteiger partial charge in [-0.05, 0) is 37.5 Å². The average Bonchev–Trinajstić information content (AvgIpc) is 2.74. The number of unbranched alkanes of at least 4 members (excludes halogenated alkanes) is 14. The van der Waals surface area contributed by atoms with Crippen molar-refractivity contribution in [2.75, 3.05) is 13.2 Å². The second-order valence-corrected chi connectivity index (χ2v) is 10.2. The van der Waals surface area contributed by atoms with Crippen LogP contribution in [-0.2, 0) is 9.47 Å². The minimum absolute atomic E-state index is 0.451. The van der Waals surface area contributed by atoms with Gasteiger partial charge in [0, 0.05) is 13.2 Å². The van der Waals surface area contributed by atoms with Crippen LogP contribution in [0.4, 0.5) is 0 Å². The molecule has 4 unspecified atom stereocenters. The van der Waals surface area contributed by atoms with Crippen molar-refractivity contribution >= 4 is 0 Å². The van der Waals surface area contributed by atoms with Gasteiger partial charge in [0.15, 0.2) is 0 Å². The van der Waals surface area contributed by atoms with Crippen molar-refractivity contribution in [3.63, 3.8) is 0 Å². The molecule has 0 N–H and O–H groups in total. The van der Waals surface area contributed by atoms with Crippen LogP contribution in [0.25, 0.3) is 0 Å². The smallest absolute Gasteiger partial charge is 0.0605 e. The van der Waals surface area contributed by atoms with Crippen molar-refractivity contribution in [3.05, 3.63) is 0 Å². The van der Waals surface area contributed by atoms with E-state index >= 15 is 0 Å². The summed E-state index contributed by atoms with van der Waals surface area (Å²) in [6, 6.07) is 0. The van der Waals surface area contributed by atoms with Gasteiger partial charge in [-0.25, -0.2) is 0 Å². The highest BCUT2D eigenvalue weighted by atomic mass is 16.5. The SMILES string of the molecule is CCCCCCCCCCOC1CC(C)C(OCCCCCCCCCC)CC1C. The first kappa shape index (κ1) is 28.0. The summed E-state index contributed by atoms with van der Waals surface area (Å²) in [5.74, 6) is 1.28. The normalized spacial score (nSPS) is 24.4. The Morgan fingerprint density at radius 1 is 0.467 bits per heavy atom. The third-order valence-corrected chi connectivity index (χ3v) is 7.14. The van der Waals surface area contributed by atoms with Crippen LogP contribution in [-0.4, -0.2) is 25.4 Å². The van der Waals surface area contributed by atoms with Crippen LogP contribution in [0.1, 0.15) is 143 Å². The molecule has 1 rings (SSSR count). The van der Waals surface area contributed by atoms with Crippen LogP contribution in [0.3, 0.4) is 0 Å². The first-order valence-corrected chi connectivity index (χ1v) is 13.9. The second-order valence-electron chi connectivity index (χ2n) is 10.2. The predicted molar refractivity (Wildman–Crippen MR) is 132 cm³/mol. The summed E-state index contributed by atoms with van der Waals surface area (Å²) in [6.07, 6.45) is 25.2. The zero-order valence-electron chi connectivity index (χ0n) is 21.3. The minimum atomic E-state index is 0.451. The summed E-state index contributed by atoms with van der Waals surface area (Å²) in [5.41, 5.74) is 0. The Morgan fingerprint density at radius 3 is 1.10 bits per heavy atom. The minimum Gasteiger partial charge on any atom is -0.378 e. The first-order valence-electron chi connectivity index (χ1n) is 13.9. The van der Waals surface area contributed by atoms with Crippen molar-refractivity contribution in [1.29, 1.82) is 0 Å². The molecule has 0 saturated heterocycles. The summed E-state index contributed by atoms with van der Waals surface area (Å²) in [6.45, 7) is 11.2. The van der Waals surface area contributed by atoms with Crippen LogP contribution in [0.15, 0.2) is 0 Å². The van der Waals surface area contributed by atoms with E-state index in [0.29, 0.717) is 24.0 Å². The van der Waals surface area contributed by atoms with Crippen molar-refractivity contribution in [3.8, 4) is 0 Å². The Labute approximate surface area is 190 Å². The Hall–Kier alpha value is -0.0800. The molecule has 0 amide bonds. The number of ether oxygens (including phenoxy) is 2. The fourth-order valence-corrected chi connectivity index (χ4v) is 4.91. The van der Waals surface area contributed by atoms with E-state index in [9.17, 15) is 0 Å². The largest absolute Gasteiger partial charge is 0.378 e. The summed E-state index contributed by atoms with van der Waals surface area (Å²) in [5, 5.41) is 0. The molecule has 0 radical (unpaired) electrons. The maximum atomic E-state index is 6.30. The van der Waals surface area contributed by atoms with E-state index in [-0.39, 0.29) is 0 Å². The molecule has 1 saturated carbocycles. The van der Waals surface area contributed by atoms with Gasteiger partial charge in [-0.15, -0.1) is 0 Å². The molecule has 1 fully saturated rings. The molecular weight excluding hydrogens is 368 g/mol. The summed E-state index contributed by atoms with van der Waals surface area (Å²) < 4.78 is 12.6. The van der Waals surface area contributed by atoms with Gasteiger partial charge in [0.25, 0.3) is 0 Å². The maximum absolute atomic E-state index is 6.30. The number of hydrogen-bond acceptors (Lipinski definition) is 2. The molecule has 0 spiro atoms. The van der Waals surface area contributed by atoms with Crippen LogP contribution < -0.4 is 0 Å². The summed E-state index contributed by atoms with van der Waals surface area (Å²) in [7, 11) is 0. The van der Waals surface area contributed by atoms with Crippen molar-refractivity contribution in [2.45, 2.75) is 155 Å². The third-order valence-electron chi connectivity index (χ3n) is 7.14. The van der Waals surface area contributed by atoms with Crippen LogP contribution >= 0.6 is 0 Å². The lowest BCUT2D eigenvalue weighted by atomic mass is 9.79. The Morgan fingerprint density at radius 2 is 0.767 bits per heavy atom. The molecule has 30 heavy (non-hydrogen) atoms. The lowest BCUT2D eigenvalue weighted by molar-refractivity contribution is -0.0862. The Balaban J connectivity index is 2.00. The standard InChI is InChI=1S/C28H56O2/c1-5-7-9-11-13-15-17-19-21-29-27-23-26(4)28(24-25(27)3)30-22-20-18-16-14-12-10-8-6-2/h25-28H,5-24H2,1-4H3. The molecule has 0 aliphatic heterocycles. The van der Waals surface area contributed by atoms with Crippen LogP contribution in [0, 0.1) is 11.8 Å². The monoisotopic (exact) mass is 424 g/mol. The molecular formula is C28H56O2. The topological polar surface area (TPSA) is 18.5 Å². The van der Waals surface area contributed by atoms with Gasteiger partial charge in [0.1, 0.15) is 0 Å². The summed E-state index contributed by atoms with van der Waals surface area (Å²) >= 11 is 0. The highest BCUT2D eigenvalue weighted by molar-refractivity contribution is 4.83. The van der Waals surface area contributed by atoms with Crippen molar-refractivity contribution in [1.82, 2.24) is 0 Å². The highest BCUT2D eigenvalue weighted by Gasteiger charge is 2.33. The van der Waals surface area contributed by atoms with E-state index in [4.69, 9.17) is 9.47 Å². The fraction of sp³-hybridized carbons (Fsp3) is 1.00. The average molecular weight is 425 g/mol. The molecule has 180 valence electrons. The van der Waals surface area contributed by atoms with Gasteiger partial charge in [-0.1, -0.05) is 118 Å². The molecule has 1 aliphatic rings. The molecule has 1 aliphatic carbocycles. The highest BCUT2D eigenvalue weighted by Crippen LogP contribution is 2.33. The van der Waals surface area contributed by atoms with Gasteiger partial charge in [-0.2, -0.15) is 0 Å². The quantitative estimate of drug-likeness (QED) is 0.181. The zero-order valence-corrected chi connectivity index (χ0v) is 21.3. The maximum Gasteiger partial charge on any atom is 0.0605 e. The lowest BCUT2D eigenvalue weighted by Crippen LogP contribution is -2.39. The van der Waals surface area contributed by atoms with Crippen LogP contribution in [0.2, 0.25) is 0 Å². The van der Waals surface area contributed by atoms with E-state index < -0.39 is 0 Å². The van der Waals surface area contributed by atoms with Crippen LogP contribution in [0.5, 0.6) is 0 Å².